The second kappa shape index (κ2) is 6.43. The molecule has 106 valence electrons. The number of benzene rings is 1. The van der Waals surface area contributed by atoms with E-state index in [0.717, 1.165) is 23.5 Å². The van der Waals surface area contributed by atoms with Crippen LogP contribution in [0.5, 0.6) is 0 Å². The van der Waals surface area contributed by atoms with E-state index < -0.39 is 11.6 Å². The Labute approximate surface area is 117 Å². The molecule has 2 N–H and O–H groups in total. The third kappa shape index (κ3) is 3.11. The van der Waals surface area contributed by atoms with E-state index in [1.807, 2.05) is 31.2 Å². The van der Waals surface area contributed by atoms with Crippen molar-refractivity contribution in [1.82, 2.24) is 4.98 Å². The molecule has 1 aromatic heterocycles. The van der Waals surface area contributed by atoms with E-state index in [1.54, 1.807) is 4.90 Å². The summed E-state index contributed by atoms with van der Waals surface area (Å²) in [6, 6.07) is 8.45. The van der Waals surface area contributed by atoms with Gasteiger partial charge in [-0.3, -0.25) is 0 Å². The first-order valence-electron chi connectivity index (χ1n) is 6.47. The number of para-hydroxylation sites is 1. The van der Waals surface area contributed by atoms with Gasteiger partial charge in [-0.1, -0.05) is 18.2 Å². The SMILES string of the molecule is Cc1ccccc1N(CCCN)c1ncc(F)cc1F. The van der Waals surface area contributed by atoms with E-state index in [0.29, 0.717) is 19.5 Å². The molecule has 1 aromatic carbocycles. The van der Waals surface area contributed by atoms with Crippen molar-refractivity contribution in [3.05, 3.63) is 53.7 Å². The highest BCUT2D eigenvalue weighted by molar-refractivity contribution is 5.63. The molecule has 0 atom stereocenters. The molecule has 0 aliphatic carbocycles. The van der Waals surface area contributed by atoms with Gasteiger partial charge in [0.15, 0.2) is 11.6 Å². The summed E-state index contributed by atoms with van der Waals surface area (Å²) in [5.74, 6) is -1.24. The number of aromatic nitrogens is 1. The Hall–Kier alpha value is -2.01. The molecule has 0 fully saturated rings. The number of halogens is 2. The predicted molar refractivity (Wildman–Crippen MR) is 76.0 cm³/mol. The van der Waals surface area contributed by atoms with Crippen LogP contribution in [0.1, 0.15) is 12.0 Å². The largest absolute Gasteiger partial charge is 0.330 e. The number of nitrogens with zero attached hydrogens (tertiary/aromatic N) is 2. The highest BCUT2D eigenvalue weighted by atomic mass is 19.1. The molecule has 0 aliphatic rings. The molecule has 20 heavy (non-hydrogen) atoms. The number of anilines is 2. The highest BCUT2D eigenvalue weighted by Crippen LogP contribution is 2.28. The maximum Gasteiger partial charge on any atom is 0.169 e. The van der Waals surface area contributed by atoms with Crippen molar-refractivity contribution in [3.63, 3.8) is 0 Å². The molecule has 0 aliphatic heterocycles. The third-order valence-corrected chi connectivity index (χ3v) is 3.04. The number of pyridine rings is 1. The minimum Gasteiger partial charge on any atom is -0.330 e. The van der Waals surface area contributed by atoms with Crippen LogP contribution in [0.2, 0.25) is 0 Å². The Bertz CT molecular complexity index is 587. The van der Waals surface area contributed by atoms with Gasteiger partial charge < -0.3 is 10.6 Å². The summed E-state index contributed by atoms with van der Waals surface area (Å²) in [6.07, 6.45) is 1.71. The standard InChI is InChI=1S/C15H17F2N3/c1-11-5-2-3-6-14(11)20(8-4-7-18)15-13(17)9-12(16)10-19-15/h2-3,5-6,9-10H,4,7-8,18H2,1H3. The first kappa shape index (κ1) is 14.4. The average Bonchev–Trinajstić information content (AvgIpc) is 2.42. The fraction of sp³-hybridized carbons (Fsp3) is 0.267. The fourth-order valence-electron chi connectivity index (χ4n) is 2.06. The molecule has 2 aromatic rings. The van der Waals surface area contributed by atoms with Crippen molar-refractivity contribution in [2.75, 3.05) is 18.0 Å². The van der Waals surface area contributed by atoms with Crippen LogP contribution in [0, 0.1) is 18.6 Å². The normalized spacial score (nSPS) is 10.6. The van der Waals surface area contributed by atoms with Gasteiger partial charge in [0.2, 0.25) is 0 Å². The number of hydrogen-bond donors (Lipinski definition) is 1. The smallest absolute Gasteiger partial charge is 0.169 e. The summed E-state index contributed by atoms with van der Waals surface area (Å²) in [5, 5.41) is 0. The van der Waals surface area contributed by atoms with Gasteiger partial charge in [0.25, 0.3) is 0 Å². The molecule has 0 saturated carbocycles. The molecule has 0 saturated heterocycles. The number of nitrogens with two attached hydrogens (primary N) is 1. The Kier molecular flexibility index (Phi) is 4.63. The van der Waals surface area contributed by atoms with Crippen LogP contribution in [-0.2, 0) is 0 Å². The molecular formula is C15H17F2N3. The maximum absolute atomic E-state index is 14.0. The van der Waals surface area contributed by atoms with E-state index in [2.05, 4.69) is 4.98 Å². The van der Waals surface area contributed by atoms with Gasteiger partial charge in [-0.05, 0) is 31.5 Å². The van der Waals surface area contributed by atoms with Crippen LogP contribution in [0.15, 0.2) is 36.5 Å². The van der Waals surface area contributed by atoms with Crippen molar-refractivity contribution >= 4 is 11.5 Å². The minimum atomic E-state index is -0.685. The molecule has 2 rings (SSSR count). The number of hydrogen-bond acceptors (Lipinski definition) is 3. The van der Waals surface area contributed by atoms with Crippen LogP contribution in [0.4, 0.5) is 20.3 Å². The first-order chi connectivity index (χ1) is 9.63. The maximum atomic E-state index is 14.0. The third-order valence-electron chi connectivity index (χ3n) is 3.04. The topological polar surface area (TPSA) is 42.1 Å². The van der Waals surface area contributed by atoms with Crippen LogP contribution in [-0.4, -0.2) is 18.1 Å². The summed E-state index contributed by atoms with van der Waals surface area (Å²) in [4.78, 5) is 5.62. The van der Waals surface area contributed by atoms with Crippen molar-refractivity contribution < 1.29 is 8.78 Å². The van der Waals surface area contributed by atoms with Crippen molar-refractivity contribution in [2.24, 2.45) is 5.73 Å². The van der Waals surface area contributed by atoms with Gasteiger partial charge in [-0.25, -0.2) is 13.8 Å². The van der Waals surface area contributed by atoms with Crippen LogP contribution in [0.25, 0.3) is 0 Å². The lowest BCUT2D eigenvalue weighted by Crippen LogP contribution is -2.23. The van der Waals surface area contributed by atoms with E-state index in [4.69, 9.17) is 5.73 Å². The molecule has 0 radical (unpaired) electrons. The number of rotatable bonds is 5. The summed E-state index contributed by atoms with van der Waals surface area (Å²) in [5.41, 5.74) is 7.37. The van der Waals surface area contributed by atoms with E-state index >= 15 is 0 Å². The van der Waals surface area contributed by atoms with Crippen molar-refractivity contribution in [1.29, 1.82) is 0 Å². The zero-order chi connectivity index (χ0) is 14.5. The van der Waals surface area contributed by atoms with Crippen molar-refractivity contribution in [3.8, 4) is 0 Å². The first-order valence-corrected chi connectivity index (χ1v) is 6.47. The molecule has 3 nitrogen and oxygen atoms in total. The fourth-order valence-corrected chi connectivity index (χ4v) is 2.06. The quantitative estimate of drug-likeness (QED) is 0.912. The Morgan fingerprint density at radius 2 is 2.00 bits per heavy atom. The molecule has 0 bridgehead atoms. The van der Waals surface area contributed by atoms with Gasteiger partial charge in [0.05, 0.1) is 6.20 Å². The molecule has 1 heterocycles. The van der Waals surface area contributed by atoms with Crippen LogP contribution < -0.4 is 10.6 Å². The predicted octanol–water partition coefficient (Wildman–Crippen LogP) is 3.16. The minimum absolute atomic E-state index is 0.120. The lowest BCUT2D eigenvalue weighted by Gasteiger charge is -2.25. The molecule has 5 heteroatoms. The zero-order valence-electron chi connectivity index (χ0n) is 11.3. The van der Waals surface area contributed by atoms with Gasteiger partial charge in [-0.15, -0.1) is 0 Å². The van der Waals surface area contributed by atoms with E-state index in [9.17, 15) is 8.78 Å². The Morgan fingerprint density at radius 1 is 1.25 bits per heavy atom. The number of aryl methyl sites for hydroxylation is 1. The van der Waals surface area contributed by atoms with Crippen LogP contribution in [0.3, 0.4) is 0 Å². The summed E-state index contributed by atoms with van der Waals surface area (Å²) in [6.45, 7) is 2.95. The van der Waals surface area contributed by atoms with Gasteiger partial charge in [-0.2, -0.15) is 0 Å². The highest BCUT2D eigenvalue weighted by Gasteiger charge is 2.17. The monoisotopic (exact) mass is 277 g/mol. The second-order valence-corrected chi connectivity index (χ2v) is 4.54. The van der Waals surface area contributed by atoms with Gasteiger partial charge in [0, 0.05) is 18.3 Å². The van der Waals surface area contributed by atoms with E-state index in [1.165, 1.54) is 0 Å². The van der Waals surface area contributed by atoms with Gasteiger partial charge in [0.1, 0.15) is 5.82 Å². The molecular weight excluding hydrogens is 260 g/mol. The average molecular weight is 277 g/mol. The molecule has 0 unspecified atom stereocenters. The summed E-state index contributed by atoms with van der Waals surface area (Å²) < 4.78 is 27.0. The molecule has 0 amide bonds. The lowest BCUT2D eigenvalue weighted by molar-refractivity contribution is 0.571. The summed E-state index contributed by atoms with van der Waals surface area (Å²) in [7, 11) is 0. The van der Waals surface area contributed by atoms with Crippen molar-refractivity contribution in [2.45, 2.75) is 13.3 Å². The zero-order valence-corrected chi connectivity index (χ0v) is 11.3. The van der Waals surface area contributed by atoms with E-state index in [-0.39, 0.29) is 5.82 Å². The second-order valence-electron chi connectivity index (χ2n) is 4.54. The summed E-state index contributed by atoms with van der Waals surface area (Å²) >= 11 is 0. The molecule has 0 spiro atoms. The lowest BCUT2D eigenvalue weighted by atomic mass is 10.1. The Morgan fingerprint density at radius 3 is 2.65 bits per heavy atom. The van der Waals surface area contributed by atoms with Crippen LogP contribution >= 0.6 is 0 Å². The Balaban J connectivity index is 2.44. The van der Waals surface area contributed by atoms with Gasteiger partial charge >= 0.3 is 0 Å².